The summed E-state index contributed by atoms with van der Waals surface area (Å²) in [6.45, 7) is 0.525. The Morgan fingerprint density at radius 1 is 1.53 bits per heavy atom. The highest BCUT2D eigenvalue weighted by atomic mass is 16.5. The van der Waals surface area contributed by atoms with E-state index in [0.29, 0.717) is 24.4 Å². The van der Waals surface area contributed by atoms with Crippen molar-refractivity contribution in [2.75, 3.05) is 6.54 Å². The number of nitrogens with one attached hydrogen (secondary N) is 2. The molecular formula is C12H11N3O4. The van der Waals surface area contributed by atoms with Crippen LogP contribution in [0.3, 0.4) is 0 Å². The number of aromatic nitrogens is 2. The van der Waals surface area contributed by atoms with Gasteiger partial charge in [-0.25, -0.2) is 4.79 Å². The van der Waals surface area contributed by atoms with Crippen LogP contribution < -0.4 is 5.32 Å². The molecule has 1 saturated heterocycles. The number of ether oxygens (including phenoxy) is 1. The van der Waals surface area contributed by atoms with Gasteiger partial charge in [0.1, 0.15) is 11.4 Å². The lowest BCUT2D eigenvalue weighted by Gasteiger charge is -2.07. The minimum absolute atomic E-state index is 0.186. The van der Waals surface area contributed by atoms with Gasteiger partial charge in [0.25, 0.3) is 5.91 Å². The average molecular weight is 261 g/mol. The van der Waals surface area contributed by atoms with Crippen molar-refractivity contribution in [2.45, 2.75) is 12.5 Å². The molecule has 7 nitrogen and oxygen atoms in total. The van der Waals surface area contributed by atoms with E-state index in [0.717, 1.165) is 0 Å². The van der Waals surface area contributed by atoms with E-state index < -0.39 is 12.1 Å². The smallest absolute Gasteiger partial charge is 0.357 e. The summed E-state index contributed by atoms with van der Waals surface area (Å²) in [5.74, 6) is -0.319. The number of hydrogen-bond donors (Lipinski definition) is 2. The number of hydrogen-bond acceptors (Lipinski definition) is 5. The molecule has 3 rings (SSSR count). The summed E-state index contributed by atoms with van der Waals surface area (Å²) in [5.41, 5.74) is 0.693. The summed E-state index contributed by atoms with van der Waals surface area (Å²) >= 11 is 0. The molecule has 0 bridgehead atoms. The highest BCUT2D eigenvalue weighted by Gasteiger charge is 2.28. The second-order valence-electron chi connectivity index (χ2n) is 4.12. The molecule has 0 aliphatic carbocycles. The van der Waals surface area contributed by atoms with Crippen LogP contribution in [0.4, 0.5) is 0 Å². The van der Waals surface area contributed by atoms with E-state index in [1.54, 1.807) is 12.1 Å². The third-order valence-corrected chi connectivity index (χ3v) is 2.82. The number of furan rings is 1. The molecule has 98 valence electrons. The van der Waals surface area contributed by atoms with E-state index in [9.17, 15) is 9.59 Å². The molecule has 0 spiro atoms. The molecule has 0 aromatic carbocycles. The minimum Gasteiger partial charge on any atom is -0.463 e. The molecular weight excluding hydrogens is 250 g/mol. The highest BCUT2D eigenvalue weighted by Crippen LogP contribution is 2.18. The minimum atomic E-state index is -0.720. The van der Waals surface area contributed by atoms with Crippen molar-refractivity contribution < 1.29 is 18.7 Å². The normalized spacial score (nSPS) is 18.3. The maximum atomic E-state index is 11.8. The van der Waals surface area contributed by atoms with E-state index in [1.807, 2.05) is 0 Å². The zero-order chi connectivity index (χ0) is 13.2. The Morgan fingerprint density at radius 2 is 2.42 bits per heavy atom. The van der Waals surface area contributed by atoms with E-state index in [4.69, 9.17) is 9.15 Å². The van der Waals surface area contributed by atoms with Gasteiger partial charge < -0.3 is 14.5 Å². The molecule has 1 fully saturated rings. The first-order valence-electron chi connectivity index (χ1n) is 5.82. The van der Waals surface area contributed by atoms with Gasteiger partial charge in [0, 0.05) is 19.0 Å². The fraction of sp³-hybridized carbons (Fsp3) is 0.250. The Morgan fingerprint density at radius 3 is 3.11 bits per heavy atom. The zero-order valence-corrected chi connectivity index (χ0v) is 9.88. The summed E-state index contributed by atoms with van der Waals surface area (Å²) in [7, 11) is 0. The maximum absolute atomic E-state index is 11.8. The van der Waals surface area contributed by atoms with Gasteiger partial charge in [-0.05, 0) is 12.1 Å². The lowest BCUT2D eigenvalue weighted by Crippen LogP contribution is -2.27. The molecule has 1 unspecified atom stereocenters. The summed E-state index contributed by atoms with van der Waals surface area (Å²) in [4.78, 5) is 23.1. The number of carbonyl (C=O) groups excluding carboxylic acids is 2. The molecule has 3 heterocycles. The lowest BCUT2D eigenvalue weighted by molar-refractivity contribution is -0.126. The highest BCUT2D eigenvalue weighted by molar-refractivity contribution is 5.92. The van der Waals surface area contributed by atoms with Crippen LogP contribution in [0.2, 0.25) is 0 Å². The molecule has 7 heteroatoms. The van der Waals surface area contributed by atoms with Crippen LogP contribution in [-0.2, 0) is 9.53 Å². The predicted molar refractivity (Wildman–Crippen MR) is 63.1 cm³/mol. The topological polar surface area (TPSA) is 97.2 Å². The number of amides is 1. The molecule has 0 radical (unpaired) electrons. The van der Waals surface area contributed by atoms with Gasteiger partial charge in [-0.2, -0.15) is 5.10 Å². The van der Waals surface area contributed by atoms with E-state index in [1.165, 1.54) is 12.3 Å². The number of H-pyrrole nitrogens is 1. The Labute approximate surface area is 107 Å². The zero-order valence-electron chi connectivity index (χ0n) is 9.88. The second-order valence-corrected chi connectivity index (χ2v) is 4.12. The van der Waals surface area contributed by atoms with Crippen molar-refractivity contribution in [1.82, 2.24) is 15.5 Å². The SMILES string of the molecule is O=C(OC1CCNC1=O)c1cc(-c2ccco2)n[nH]1. The Bertz CT molecular complexity index is 602. The van der Waals surface area contributed by atoms with Crippen molar-refractivity contribution in [3.63, 3.8) is 0 Å². The Balaban J connectivity index is 1.72. The van der Waals surface area contributed by atoms with Crippen molar-refractivity contribution >= 4 is 11.9 Å². The Kier molecular flexibility index (Phi) is 2.79. The van der Waals surface area contributed by atoms with Gasteiger partial charge >= 0.3 is 5.97 Å². The molecule has 1 atom stereocenters. The van der Waals surface area contributed by atoms with Crippen LogP contribution >= 0.6 is 0 Å². The Hall–Kier alpha value is -2.57. The van der Waals surface area contributed by atoms with E-state index in [2.05, 4.69) is 15.5 Å². The number of nitrogens with zero attached hydrogens (tertiary/aromatic N) is 1. The molecule has 1 aliphatic rings. The lowest BCUT2D eigenvalue weighted by atomic mass is 10.3. The second kappa shape index (κ2) is 4.60. The summed E-state index contributed by atoms with van der Waals surface area (Å²) < 4.78 is 10.3. The standard InChI is InChI=1S/C12H11N3O4/c16-11-10(3-4-13-11)19-12(17)8-6-7(14-15-8)9-2-1-5-18-9/h1-2,5-6,10H,3-4H2,(H,13,16)(H,14,15). The van der Waals surface area contributed by atoms with Gasteiger partial charge in [-0.3, -0.25) is 9.89 Å². The van der Waals surface area contributed by atoms with Crippen molar-refractivity contribution in [3.05, 3.63) is 30.2 Å². The summed E-state index contributed by atoms with van der Waals surface area (Å²) in [5, 5.41) is 9.12. The van der Waals surface area contributed by atoms with Crippen LogP contribution in [0.25, 0.3) is 11.5 Å². The molecule has 2 N–H and O–H groups in total. The first-order chi connectivity index (χ1) is 9.24. The molecule has 2 aromatic rings. The third-order valence-electron chi connectivity index (χ3n) is 2.82. The van der Waals surface area contributed by atoms with Crippen LogP contribution in [0, 0.1) is 0 Å². The maximum Gasteiger partial charge on any atom is 0.357 e. The van der Waals surface area contributed by atoms with Crippen molar-refractivity contribution in [3.8, 4) is 11.5 Å². The van der Waals surface area contributed by atoms with Crippen molar-refractivity contribution in [1.29, 1.82) is 0 Å². The predicted octanol–water partition coefficient (Wildman–Crippen LogP) is 0.715. The average Bonchev–Trinajstić information content (AvgIpc) is 3.09. The van der Waals surface area contributed by atoms with Crippen LogP contribution in [0.5, 0.6) is 0 Å². The first kappa shape index (κ1) is 11.5. The number of aromatic amines is 1. The van der Waals surface area contributed by atoms with Crippen LogP contribution in [0.15, 0.2) is 28.9 Å². The van der Waals surface area contributed by atoms with Crippen LogP contribution in [0.1, 0.15) is 16.9 Å². The molecule has 1 aliphatic heterocycles. The summed E-state index contributed by atoms with van der Waals surface area (Å²) in [6, 6.07) is 4.98. The number of rotatable bonds is 3. The fourth-order valence-corrected chi connectivity index (χ4v) is 1.85. The van der Waals surface area contributed by atoms with Gasteiger partial charge in [-0.15, -0.1) is 0 Å². The largest absolute Gasteiger partial charge is 0.463 e. The van der Waals surface area contributed by atoms with Gasteiger partial charge in [0.05, 0.1) is 6.26 Å². The third kappa shape index (κ3) is 2.22. The molecule has 0 saturated carbocycles. The molecule has 2 aromatic heterocycles. The fourth-order valence-electron chi connectivity index (χ4n) is 1.85. The number of carbonyl (C=O) groups is 2. The van der Waals surface area contributed by atoms with Crippen molar-refractivity contribution in [2.24, 2.45) is 0 Å². The molecule has 1 amide bonds. The monoisotopic (exact) mass is 261 g/mol. The van der Waals surface area contributed by atoms with E-state index >= 15 is 0 Å². The van der Waals surface area contributed by atoms with Gasteiger partial charge in [0.2, 0.25) is 0 Å². The first-order valence-corrected chi connectivity index (χ1v) is 5.82. The summed E-state index contributed by atoms with van der Waals surface area (Å²) in [6.07, 6.45) is 1.29. The van der Waals surface area contributed by atoms with Crippen LogP contribution in [-0.4, -0.2) is 34.7 Å². The molecule has 19 heavy (non-hydrogen) atoms. The quantitative estimate of drug-likeness (QED) is 0.793. The number of esters is 1. The van der Waals surface area contributed by atoms with Gasteiger partial charge in [0.15, 0.2) is 11.9 Å². The van der Waals surface area contributed by atoms with E-state index in [-0.39, 0.29) is 11.6 Å². The van der Waals surface area contributed by atoms with Gasteiger partial charge in [-0.1, -0.05) is 0 Å².